The van der Waals surface area contributed by atoms with E-state index in [1.54, 1.807) is 6.92 Å². The third kappa shape index (κ3) is 5.61. The number of alkyl halides is 3. The maximum absolute atomic E-state index is 13.5. The molecule has 0 aromatic heterocycles. The number of carbonyl (C=O) groups excluding carboxylic acids is 3. The fourth-order valence-electron chi connectivity index (χ4n) is 4.64. The van der Waals surface area contributed by atoms with Gasteiger partial charge in [-0.15, -0.1) is 0 Å². The summed E-state index contributed by atoms with van der Waals surface area (Å²) in [5.74, 6) is -1.53. The topological polar surface area (TPSA) is 118 Å². The second-order valence-corrected chi connectivity index (χ2v) is 9.46. The number of hydrogen-bond acceptors (Lipinski definition) is 6. The van der Waals surface area contributed by atoms with Crippen molar-refractivity contribution in [1.82, 2.24) is 16.1 Å². The van der Waals surface area contributed by atoms with Crippen molar-refractivity contribution in [3.63, 3.8) is 0 Å². The summed E-state index contributed by atoms with van der Waals surface area (Å²) in [7, 11) is 2.88. The first-order valence-corrected chi connectivity index (χ1v) is 11.7. The van der Waals surface area contributed by atoms with E-state index in [2.05, 4.69) is 37.1 Å². The molecule has 1 atom stereocenters. The number of likely N-dealkylation sites (N-methyl/N-ethyl adjacent to an activating group) is 1. The maximum atomic E-state index is 13.5. The predicted molar refractivity (Wildman–Crippen MR) is 123 cm³/mol. The van der Waals surface area contributed by atoms with Gasteiger partial charge in [0.15, 0.2) is 5.60 Å². The van der Waals surface area contributed by atoms with Crippen molar-refractivity contribution in [2.45, 2.75) is 62.4 Å². The molecule has 1 aromatic rings. The minimum Gasteiger partial charge on any atom is -0.435 e. The van der Waals surface area contributed by atoms with Crippen molar-refractivity contribution in [1.29, 1.82) is 0 Å². The Morgan fingerprint density at radius 2 is 1.91 bits per heavy atom. The Kier molecular flexibility index (Phi) is 7.80. The summed E-state index contributed by atoms with van der Waals surface area (Å²) in [4.78, 5) is 35.5. The Balaban J connectivity index is 1.85. The molecule has 3 rings (SSSR count). The standard InChI is InChI=1S/C22H26BrF3N4O5/c1-12(28-18(32)17(31)27-2)11-20(34-3)7-9-21(10-8-20)16(29-30-19(33)35-21)13-5-4-6-14(15(13)23)22(24,25)26/h4-6,12H,7-11H2,1-3H3,(H,27,31)(H,28,32)(H,30,33)/t12-,20?,21?/m0/s1. The molecule has 0 saturated heterocycles. The van der Waals surface area contributed by atoms with Gasteiger partial charge < -0.3 is 20.1 Å². The van der Waals surface area contributed by atoms with E-state index >= 15 is 0 Å². The van der Waals surface area contributed by atoms with E-state index in [1.165, 1.54) is 26.3 Å². The molecule has 1 heterocycles. The summed E-state index contributed by atoms with van der Waals surface area (Å²) in [6.07, 6.45) is -3.83. The number of methoxy groups -OCH3 is 1. The van der Waals surface area contributed by atoms with Crippen molar-refractivity contribution < 1.29 is 37.0 Å². The van der Waals surface area contributed by atoms with Crippen molar-refractivity contribution in [2.75, 3.05) is 14.2 Å². The highest BCUT2D eigenvalue weighted by molar-refractivity contribution is 9.10. The van der Waals surface area contributed by atoms with Gasteiger partial charge in [-0.2, -0.15) is 18.3 Å². The summed E-state index contributed by atoms with van der Waals surface area (Å²) in [5, 5.41) is 8.97. The minimum absolute atomic E-state index is 0.163. The van der Waals surface area contributed by atoms with Crippen LogP contribution >= 0.6 is 15.9 Å². The average molecular weight is 563 g/mol. The molecule has 3 amide bonds. The maximum Gasteiger partial charge on any atom is 0.428 e. The van der Waals surface area contributed by atoms with Gasteiger partial charge in [-0.05, 0) is 61.0 Å². The number of ether oxygens (including phenoxy) is 2. The zero-order valence-corrected chi connectivity index (χ0v) is 20.9. The lowest BCUT2D eigenvalue weighted by Crippen LogP contribution is -2.56. The van der Waals surface area contributed by atoms with Gasteiger partial charge >= 0.3 is 24.1 Å². The second kappa shape index (κ2) is 10.1. The molecule has 1 aliphatic carbocycles. The van der Waals surface area contributed by atoms with Crippen LogP contribution < -0.4 is 16.1 Å². The van der Waals surface area contributed by atoms with Crippen LogP contribution in [0.2, 0.25) is 0 Å². The monoisotopic (exact) mass is 562 g/mol. The van der Waals surface area contributed by atoms with Gasteiger partial charge in [-0.3, -0.25) is 9.59 Å². The molecule has 35 heavy (non-hydrogen) atoms. The zero-order valence-electron chi connectivity index (χ0n) is 19.3. The molecule has 192 valence electrons. The van der Waals surface area contributed by atoms with Crippen LogP contribution in [-0.2, 0) is 25.2 Å². The number of rotatable bonds is 5. The minimum atomic E-state index is -4.59. The van der Waals surface area contributed by atoms with Gasteiger partial charge in [0, 0.05) is 30.2 Å². The third-order valence-corrected chi connectivity index (χ3v) is 7.28. The molecule has 1 aromatic carbocycles. The van der Waals surface area contributed by atoms with Crippen LogP contribution in [0, 0.1) is 0 Å². The van der Waals surface area contributed by atoms with Crippen LogP contribution in [0.1, 0.15) is 50.2 Å². The van der Waals surface area contributed by atoms with Gasteiger partial charge in [0.1, 0.15) is 5.71 Å². The molecule has 1 fully saturated rings. The van der Waals surface area contributed by atoms with E-state index in [4.69, 9.17) is 9.47 Å². The molecule has 3 N–H and O–H groups in total. The van der Waals surface area contributed by atoms with E-state index in [0.29, 0.717) is 19.3 Å². The number of nitrogens with zero attached hydrogens (tertiary/aromatic N) is 1. The van der Waals surface area contributed by atoms with E-state index in [0.717, 1.165) is 6.07 Å². The Hall–Kier alpha value is -2.67. The largest absolute Gasteiger partial charge is 0.435 e. The third-order valence-electron chi connectivity index (χ3n) is 6.43. The van der Waals surface area contributed by atoms with Crippen molar-refractivity contribution >= 4 is 39.5 Å². The van der Waals surface area contributed by atoms with Crippen molar-refractivity contribution in [3.8, 4) is 0 Å². The van der Waals surface area contributed by atoms with Gasteiger partial charge in [0.05, 0.1) is 11.2 Å². The van der Waals surface area contributed by atoms with E-state index < -0.39 is 46.9 Å². The van der Waals surface area contributed by atoms with Crippen molar-refractivity contribution in [3.05, 3.63) is 33.8 Å². The molecule has 1 aliphatic heterocycles. The second-order valence-electron chi connectivity index (χ2n) is 8.67. The Labute approximate surface area is 208 Å². The summed E-state index contributed by atoms with van der Waals surface area (Å²) in [6, 6.07) is 3.30. The van der Waals surface area contributed by atoms with Crippen LogP contribution in [0.5, 0.6) is 0 Å². The van der Waals surface area contributed by atoms with Crippen LogP contribution in [0.25, 0.3) is 0 Å². The number of benzene rings is 1. The lowest BCUT2D eigenvalue weighted by molar-refractivity contribution is -0.139. The lowest BCUT2D eigenvalue weighted by Gasteiger charge is -2.47. The normalized spacial score (nSPS) is 25.2. The first-order chi connectivity index (χ1) is 16.4. The van der Waals surface area contributed by atoms with Crippen LogP contribution in [-0.4, -0.2) is 55.0 Å². The Morgan fingerprint density at radius 3 is 2.49 bits per heavy atom. The van der Waals surface area contributed by atoms with E-state index in [9.17, 15) is 27.6 Å². The number of halogens is 4. The number of carbonyl (C=O) groups is 3. The molecule has 0 unspecified atom stereocenters. The first kappa shape index (κ1) is 26.9. The number of nitrogens with one attached hydrogen (secondary N) is 3. The number of hydrogen-bond donors (Lipinski definition) is 3. The highest BCUT2D eigenvalue weighted by Gasteiger charge is 2.51. The van der Waals surface area contributed by atoms with Gasteiger partial charge in [0.2, 0.25) is 0 Å². The zero-order chi connectivity index (χ0) is 26.0. The van der Waals surface area contributed by atoms with Crippen molar-refractivity contribution in [2.24, 2.45) is 5.10 Å². The number of hydrazone groups is 1. The van der Waals surface area contributed by atoms with Crippen LogP contribution in [0.15, 0.2) is 27.8 Å². The summed E-state index contributed by atoms with van der Waals surface area (Å²) >= 11 is 3.06. The summed E-state index contributed by atoms with van der Waals surface area (Å²) < 4.78 is 51.7. The smallest absolute Gasteiger partial charge is 0.428 e. The molecular formula is C22H26BrF3N4O5. The SMILES string of the molecule is CNC(=O)C(=O)N[C@@H](C)CC1(OC)CCC2(CC1)OC(=O)NN=C2c1cccc(C(F)(F)F)c1Br. The van der Waals surface area contributed by atoms with E-state index in [1.807, 2.05) is 0 Å². The summed E-state index contributed by atoms with van der Waals surface area (Å²) in [6.45, 7) is 1.74. The highest BCUT2D eigenvalue weighted by atomic mass is 79.9. The number of amides is 3. The highest BCUT2D eigenvalue weighted by Crippen LogP contribution is 2.46. The Bertz CT molecular complexity index is 1040. The quantitative estimate of drug-likeness (QED) is 0.476. The van der Waals surface area contributed by atoms with Crippen LogP contribution in [0.3, 0.4) is 0 Å². The fraction of sp³-hybridized carbons (Fsp3) is 0.545. The lowest BCUT2D eigenvalue weighted by atomic mass is 9.70. The Morgan fingerprint density at radius 1 is 1.26 bits per heavy atom. The van der Waals surface area contributed by atoms with Crippen LogP contribution in [0.4, 0.5) is 18.0 Å². The van der Waals surface area contributed by atoms with E-state index in [-0.39, 0.29) is 28.6 Å². The van der Waals surface area contributed by atoms with Gasteiger partial charge in [0.25, 0.3) is 0 Å². The molecule has 0 radical (unpaired) electrons. The summed E-state index contributed by atoms with van der Waals surface area (Å²) in [5.41, 5.74) is -0.296. The predicted octanol–water partition coefficient (Wildman–Crippen LogP) is 3.25. The molecule has 13 heteroatoms. The molecular weight excluding hydrogens is 537 g/mol. The molecule has 9 nitrogen and oxygen atoms in total. The molecule has 1 saturated carbocycles. The fourth-order valence-corrected chi connectivity index (χ4v) is 5.32. The van der Waals surface area contributed by atoms with Gasteiger partial charge in [-0.1, -0.05) is 12.1 Å². The molecule has 0 bridgehead atoms. The average Bonchev–Trinajstić information content (AvgIpc) is 2.80. The van der Waals surface area contributed by atoms with Gasteiger partial charge in [-0.25, -0.2) is 10.2 Å². The first-order valence-electron chi connectivity index (χ1n) is 10.9. The molecule has 1 spiro atoms. The molecule has 2 aliphatic rings.